The van der Waals surface area contributed by atoms with Gasteiger partial charge >= 0.3 is 11.8 Å². The van der Waals surface area contributed by atoms with Crippen LogP contribution in [0.5, 0.6) is 0 Å². The van der Waals surface area contributed by atoms with E-state index < -0.39 is 11.8 Å². The van der Waals surface area contributed by atoms with Crippen LogP contribution in [0.1, 0.15) is 85.3 Å². The summed E-state index contributed by atoms with van der Waals surface area (Å²) in [6.07, 6.45) is 15.5. The zero-order valence-electron chi connectivity index (χ0n) is 15.7. The van der Waals surface area contributed by atoms with Crippen LogP contribution >= 0.6 is 0 Å². The third-order valence-corrected chi connectivity index (χ3v) is 5.26. The molecule has 27 heavy (non-hydrogen) atoms. The number of carbonyl (C=O) groups is 2. The average molecular weight is 372 g/mol. The molecule has 1 aromatic rings. The second-order valence-electron chi connectivity index (χ2n) is 7.40. The molecule has 2 N–H and O–H groups in total. The summed E-state index contributed by atoms with van der Waals surface area (Å²) in [7, 11) is 0. The summed E-state index contributed by atoms with van der Waals surface area (Å²) in [6, 6.07) is 2.93. The molecule has 2 saturated carbocycles. The van der Waals surface area contributed by atoms with Crippen LogP contribution in [0, 0.1) is 11.8 Å². The average Bonchev–Trinajstić information content (AvgIpc) is 3.20. The number of nitrogens with one attached hydrogen (secondary N) is 2. The normalized spacial score (nSPS) is 19.6. The summed E-state index contributed by atoms with van der Waals surface area (Å²) in [4.78, 5) is 24.1. The van der Waals surface area contributed by atoms with Gasteiger partial charge in [-0.15, -0.1) is 0 Å². The molecule has 7 nitrogen and oxygen atoms in total. The molecule has 0 saturated heterocycles. The van der Waals surface area contributed by atoms with Crippen molar-refractivity contribution in [2.75, 3.05) is 0 Å². The predicted molar refractivity (Wildman–Crippen MR) is 104 cm³/mol. The lowest BCUT2D eigenvalue weighted by molar-refractivity contribution is 0.0902. The number of furan rings is 1. The number of amides is 2. The Balaban J connectivity index is 1.44. The van der Waals surface area contributed by atoms with E-state index in [1.54, 1.807) is 12.4 Å². The van der Waals surface area contributed by atoms with E-state index in [0.717, 1.165) is 25.7 Å². The van der Waals surface area contributed by atoms with Gasteiger partial charge in [-0.05, 0) is 49.7 Å². The smallest absolute Gasteiger partial charge is 0.307 e. The van der Waals surface area contributed by atoms with Gasteiger partial charge in [0, 0.05) is 12.4 Å². The summed E-state index contributed by atoms with van der Waals surface area (Å²) in [5.41, 5.74) is 4.92. The van der Waals surface area contributed by atoms with Crippen molar-refractivity contribution < 1.29 is 14.0 Å². The zero-order chi connectivity index (χ0) is 18.9. The maximum atomic E-state index is 12.1. The van der Waals surface area contributed by atoms with Gasteiger partial charge in [0.25, 0.3) is 0 Å². The number of hydrogen-bond acceptors (Lipinski definition) is 5. The maximum absolute atomic E-state index is 12.1. The SMILES string of the molecule is O=C(N/N=C\C1CCCCC1)c1ccc(C(=O)N/N=C\C2CCCCC2)o1. The molecule has 2 amide bonds. The van der Waals surface area contributed by atoms with Crippen molar-refractivity contribution in [3.8, 4) is 0 Å². The Bertz CT molecular complexity index is 627. The van der Waals surface area contributed by atoms with Crippen molar-refractivity contribution in [3.05, 3.63) is 23.7 Å². The highest BCUT2D eigenvalue weighted by atomic mass is 16.4. The van der Waals surface area contributed by atoms with Gasteiger partial charge in [0.05, 0.1) is 0 Å². The topological polar surface area (TPSA) is 96.1 Å². The molecule has 1 heterocycles. The van der Waals surface area contributed by atoms with E-state index in [0.29, 0.717) is 11.8 Å². The van der Waals surface area contributed by atoms with Crippen molar-refractivity contribution in [1.82, 2.24) is 10.9 Å². The molecule has 0 aromatic carbocycles. The Morgan fingerprint density at radius 1 is 0.778 bits per heavy atom. The predicted octanol–water partition coefficient (Wildman–Crippen LogP) is 3.87. The van der Waals surface area contributed by atoms with Crippen LogP contribution in [0.25, 0.3) is 0 Å². The molecular formula is C20H28N4O3. The molecule has 0 spiro atoms. The van der Waals surface area contributed by atoms with E-state index >= 15 is 0 Å². The first-order valence-corrected chi connectivity index (χ1v) is 9.99. The second kappa shape index (κ2) is 10.0. The van der Waals surface area contributed by atoms with Crippen LogP contribution in [0.3, 0.4) is 0 Å². The highest BCUT2D eigenvalue weighted by Gasteiger charge is 2.16. The third-order valence-electron chi connectivity index (χ3n) is 5.26. The Morgan fingerprint density at radius 2 is 1.19 bits per heavy atom. The molecule has 2 aliphatic carbocycles. The molecule has 7 heteroatoms. The lowest BCUT2D eigenvalue weighted by Crippen LogP contribution is -2.20. The summed E-state index contributed by atoms with van der Waals surface area (Å²) in [5.74, 6) is 0.0334. The van der Waals surface area contributed by atoms with E-state index in [1.807, 2.05) is 0 Å². The van der Waals surface area contributed by atoms with Gasteiger partial charge < -0.3 is 4.42 Å². The van der Waals surface area contributed by atoms with Crippen molar-refractivity contribution >= 4 is 24.2 Å². The second-order valence-corrected chi connectivity index (χ2v) is 7.40. The van der Waals surface area contributed by atoms with Crippen LogP contribution in [0.15, 0.2) is 26.8 Å². The fourth-order valence-electron chi connectivity index (χ4n) is 3.66. The number of nitrogens with zero attached hydrogens (tertiary/aromatic N) is 2. The van der Waals surface area contributed by atoms with Gasteiger partial charge in [0.15, 0.2) is 11.5 Å². The molecule has 0 unspecified atom stereocenters. The van der Waals surface area contributed by atoms with E-state index in [4.69, 9.17) is 4.42 Å². The molecule has 0 aliphatic heterocycles. The standard InChI is InChI=1S/C20H28N4O3/c25-19(23-21-13-15-7-3-1-4-8-15)17-11-12-18(27-17)20(26)24-22-14-16-9-5-2-6-10-16/h11-16H,1-10H2,(H,23,25)(H,24,26)/b21-13-,22-14-. The lowest BCUT2D eigenvalue weighted by Gasteiger charge is -2.16. The third kappa shape index (κ3) is 6.05. The van der Waals surface area contributed by atoms with Gasteiger partial charge in [-0.1, -0.05) is 38.5 Å². The maximum Gasteiger partial charge on any atom is 0.307 e. The molecule has 0 atom stereocenters. The molecule has 0 radical (unpaired) electrons. The number of hydrogen-bond donors (Lipinski definition) is 2. The number of rotatable bonds is 6. The van der Waals surface area contributed by atoms with Gasteiger partial charge in [-0.2, -0.15) is 10.2 Å². The zero-order valence-corrected chi connectivity index (χ0v) is 15.7. The molecule has 1 aromatic heterocycles. The first kappa shape index (κ1) is 19.3. The minimum Gasteiger partial charge on any atom is -0.446 e. The van der Waals surface area contributed by atoms with Gasteiger partial charge in [0.2, 0.25) is 0 Å². The minimum atomic E-state index is -0.466. The summed E-state index contributed by atoms with van der Waals surface area (Å²) in [5, 5.41) is 8.04. The van der Waals surface area contributed by atoms with Crippen LogP contribution < -0.4 is 10.9 Å². The molecule has 146 valence electrons. The van der Waals surface area contributed by atoms with E-state index in [2.05, 4.69) is 21.1 Å². The van der Waals surface area contributed by atoms with Crippen molar-refractivity contribution in [1.29, 1.82) is 0 Å². The summed E-state index contributed by atoms with van der Waals surface area (Å²) in [6.45, 7) is 0. The van der Waals surface area contributed by atoms with Crippen molar-refractivity contribution in [2.24, 2.45) is 22.0 Å². The van der Waals surface area contributed by atoms with Crippen molar-refractivity contribution in [3.63, 3.8) is 0 Å². The van der Waals surface area contributed by atoms with Crippen LogP contribution in [0.4, 0.5) is 0 Å². The summed E-state index contributed by atoms with van der Waals surface area (Å²) < 4.78 is 5.32. The highest BCUT2D eigenvalue weighted by Crippen LogP contribution is 2.22. The first-order valence-electron chi connectivity index (χ1n) is 9.99. The lowest BCUT2D eigenvalue weighted by atomic mass is 9.90. The molecular weight excluding hydrogens is 344 g/mol. The quantitative estimate of drug-likeness (QED) is 0.586. The number of carbonyl (C=O) groups excluding carboxylic acids is 2. The van der Waals surface area contributed by atoms with Gasteiger partial charge in [0.1, 0.15) is 0 Å². The Hall–Kier alpha value is -2.44. The fourth-order valence-corrected chi connectivity index (χ4v) is 3.66. The molecule has 0 bridgehead atoms. The van der Waals surface area contributed by atoms with Crippen LogP contribution in [-0.4, -0.2) is 24.2 Å². The van der Waals surface area contributed by atoms with Gasteiger partial charge in [-0.3, -0.25) is 9.59 Å². The van der Waals surface area contributed by atoms with Crippen LogP contribution in [-0.2, 0) is 0 Å². The molecule has 2 aliphatic rings. The first-order chi connectivity index (χ1) is 13.2. The molecule has 2 fully saturated rings. The van der Waals surface area contributed by atoms with Crippen molar-refractivity contribution in [2.45, 2.75) is 64.2 Å². The largest absolute Gasteiger partial charge is 0.446 e. The van der Waals surface area contributed by atoms with E-state index in [-0.39, 0.29) is 11.5 Å². The Labute approximate surface area is 159 Å². The Morgan fingerprint density at radius 3 is 1.59 bits per heavy atom. The number of hydrazone groups is 2. The minimum absolute atomic E-state index is 0.0530. The summed E-state index contributed by atoms with van der Waals surface area (Å²) >= 11 is 0. The van der Waals surface area contributed by atoms with E-state index in [1.165, 1.54) is 50.7 Å². The van der Waals surface area contributed by atoms with E-state index in [9.17, 15) is 9.59 Å². The monoisotopic (exact) mass is 372 g/mol. The molecule has 3 rings (SSSR count). The highest BCUT2D eigenvalue weighted by molar-refractivity contribution is 5.95. The van der Waals surface area contributed by atoms with Crippen LogP contribution in [0.2, 0.25) is 0 Å². The fraction of sp³-hybridized carbons (Fsp3) is 0.600. The Kier molecular flexibility index (Phi) is 7.19. The van der Waals surface area contributed by atoms with Gasteiger partial charge in [-0.25, -0.2) is 10.9 Å².